The zero-order valence-corrected chi connectivity index (χ0v) is 35.7. The summed E-state index contributed by atoms with van der Waals surface area (Å²) < 4.78 is 22.7. The topological polar surface area (TPSA) is 27.7 Å². The summed E-state index contributed by atoms with van der Waals surface area (Å²) in [4.78, 5) is 0. The van der Waals surface area contributed by atoms with E-state index in [0.29, 0.717) is 16.6 Å². The van der Waals surface area contributed by atoms with Crippen LogP contribution in [0.4, 0.5) is 0 Å². The van der Waals surface area contributed by atoms with Crippen molar-refractivity contribution in [3.05, 3.63) is 0 Å². The molecule has 2 heterocycles. The molecule has 266 valence electrons. The highest BCUT2D eigenvalue weighted by Crippen LogP contribution is 2.70. The van der Waals surface area contributed by atoms with Gasteiger partial charge >= 0.3 is 0 Å². The minimum Gasteiger partial charge on any atom is -0.413 e. The first kappa shape index (κ1) is 36.3. The first-order valence-corrected chi connectivity index (χ1v) is 28.3. The highest BCUT2D eigenvalue weighted by molar-refractivity contribution is 6.77. The fourth-order valence-corrected chi connectivity index (χ4v) is 24.8. The molecule has 0 amide bonds. The van der Waals surface area contributed by atoms with Gasteiger partial charge in [0.25, 0.3) is 0 Å². The molecule has 4 saturated carbocycles. The maximum atomic E-state index is 7.68. The lowest BCUT2D eigenvalue weighted by Crippen LogP contribution is -2.64. The summed E-state index contributed by atoms with van der Waals surface area (Å²) in [6.07, 6.45) is 18.5. The fourth-order valence-electron chi connectivity index (χ4n) is 13.6. The first-order valence-electron chi connectivity index (χ1n) is 20.3. The minimum absolute atomic E-state index is 0.128. The normalized spacial score (nSPS) is 43.2. The maximum absolute atomic E-state index is 7.68. The summed E-state index contributed by atoms with van der Waals surface area (Å²) in [6.45, 7) is 30.3. The minimum atomic E-state index is -1.86. The Labute approximate surface area is 289 Å². The van der Waals surface area contributed by atoms with Gasteiger partial charge in [0, 0.05) is 11.5 Å². The number of hydrogen-bond acceptors (Lipinski definition) is 3. The highest BCUT2D eigenvalue weighted by atomic mass is 28.4. The van der Waals surface area contributed by atoms with E-state index < -0.39 is 25.0 Å². The van der Waals surface area contributed by atoms with E-state index in [0.717, 1.165) is 23.7 Å². The van der Waals surface area contributed by atoms with Crippen molar-refractivity contribution in [2.24, 2.45) is 34.5 Å². The molecule has 0 aromatic carbocycles. The monoisotopic (exact) mass is 689 g/mol. The average Bonchev–Trinajstić information content (AvgIpc) is 3.67. The van der Waals surface area contributed by atoms with Crippen LogP contribution in [-0.4, -0.2) is 42.8 Å². The van der Waals surface area contributed by atoms with Crippen LogP contribution in [0.25, 0.3) is 0 Å². The van der Waals surface area contributed by atoms with E-state index in [4.69, 9.17) is 13.3 Å². The van der Waals surface area contributed by atoms with Gasteiger partial charge in [-0.05, 0) is 148 Å². The lowest BCUT2D eigenvalue weighted by molar-refractivity contribution is -0.176. The molecule has 0 N–H and O–H groups in total. The predicted octanol–water partition coefficient (Wildman–Crippen LogP) is 12.5. The van der Waals surface area contributed by atoms with Gasteiger partial charge in [0.2, 0.25) is 0 Å². The van der Waals surface area contributed by atoms with Gasteiger partial charge in [-0.25, -0.2) is 0 Å². The molecule has 0 aromatic rings. The Balaban J connectivity index is 1.23. The van der Waals surface area contributed by atoms with E-state index in [1.165, 1.54) is 108 Å². The summed E-state index contributed by atoms with van der Waals surface area (Å²) in [5.74, 6) is 3.39. The van der Waals surface area contributed by atoms with Crippen molar-refractivity contribution in [3.63, 3.8) is 0 Å². The Hall–Kier alpha value is 0.531. The van der Waals surface area contributed by atoms with Crippen LogP contribution >= 0.6 is 0 Å². The van der Waals surface area contributed by atoms with Gasteiger partial charge < -0.3 is 13.3 Å². The lowest BCUT2D eigenvalue weighted by atomic mass is 9.44. The Morgan fingerprint density at radius 3 is 1.83 bits per heavy atom. The van der Waals surface area contributed by atoms with Crippen LogP contribution in [0.5, 0.6) is 0 Å². The largest absolute Gasteiger partial charge is 0.413 e. The molecule has 0 spiro atoms. The smallest absolute Gasteiger partial charge is 0.198 e. The van der Waals surface area contributed by atoms with Gasteiger partial charge in [-0.3, -0.25) is 0 Å². The van der Waals surface area contributed by atoms with E-state index in [1.54, 1.807) is 0 Å². The van der Waals surface area contributed by atoms with Gasteiger partial charge in [-0.2, -0.15) is 0 Å². The van der Waals surface area contributed by atoms with Gasteiger partial charge in [0.15, 0.2) is 25.0 Å². The third-order valence-corrected chi connectivity index (χ3v) is 29.0. The summed E-state index contributed by atoms with van der Waals surface area (Å²) in [7, 11) is -5.33. The Kier molecular flexibility index (Phi) is 9.52. The van der Waals surface area contributed by atoms with E-state index in [2.05, 4.69) is 82.0 Å². The highest BCUT2D eigenvalue weighted by Gasteiger charge is 2.68. The molecule has 0 bridgehead atoms. The molecule has 0 aromatic heterocycles. The second kappa shape index (κ2) is 12.1. The molecule has 2 aliphatic heterocycles. The second-order valence-electron chi connectivity index (χ2n) is 21.4. The van der Waals surface area contributed by atoms with Crippen molar-refractivity contribution in [3.8, 4) is 0 Å². The lowest BCUT2D eigenvalue weighted by Gasteiger charge is -2.63. The van der Waals surface area contributed by atoms with Gasteiger partial charge in [0.05, 0.1) is 11.7 Å². The van der Waals surface area contributed by atoms with Crippen LogP contribution < -0.4 is 0 Å². The number of rotatable bonds is 7. The second-order valence-corrected chi connectivity index (χ2v) is 35.3. The summed E-state index contributed by atoms with van der Waals surface area (Å²) >= 11 is 0. The quantitative estimate of drug-likeness (QED) is 0.249. The molecule has 3 nitrogen and oxygen atoms in total. The van der Waals surface area contributed by atoms with Crippen molar-refractivity contribution in [1.82, 2.24) is 0 Å². The molecule has 2 saturated heterocycles. The Morgan fingerprint density at radius 2 is 1.26 bits per heavy atom. The van der Waals surface area contributed by atoms with Crippen LogP contribution in [0.15, 0.2) is 0 Å². The van der Waals surface area contributed by atoms with Gasteiger partial charge in [0.1, 0.15) is 0 Å². The van der Waals surface area contributed by atoms with E-state index in [-0.39, 0.29) is 22.2 Å². The zero-order valence-electron chi connectivity index (χ0n) is 32.7. The van der Waals surface area contributed by atoms with E-state index >= 15 is 0 Å². The molecular formula is C40H76O3Si3. The fraction of sp³-hybridized carbons (Fsp3) is 1.00. The molecule has 6 rings (SSSR count). The average molecular weight is 689 g/mol. The van der Waals surface area contributed by atoms with Crippen LogP contribution in [0, 0.1) is 34.5 Å². The number of hydrogen-bond donors (Lipinski definition) is 0. The van der Waals surface area contributed by atoms with Crippen LogP contribution in [0.1, 0.15) is 146 Å². The van der Waals surface area contributed by atoms with Gasteiger partial charge in [-0.15, -0.1) is 0 Å². The Bertz CT molecular complexity index is 1090. The van der Waals surface area contributed by atoms with Crippen molar-refractivity contribution in [2.75, 3.05) is 0 Å². The van der Waals surface area contributed by atoms with Crippen LogP contribution in [0.3, 0.4) is 0 Å². The molecular weight excluding hydrogens is 613 g/mol. The SMILES string of the molecule is C[C@H](O[Si]1(C(C)(C)C)CCCC1)[C@@]1(O[Si](C)(C)C)CCC2C3CC[C@@H]4C[C@H](O[Si]5(C(C)(C)C)CCCC5)CCC4(C)C3CCC21C. The molecule has 6 aliphatic rings. The van der Waals surface area contributed by atoms with Crippen molar-refractivity contribution < 1.29 is 13.3 Å². The van der Waals surface area contributed by atoms with Crippen molar-refractivity contribution in [1.29, 1.82) is 0 Å². The molecule has 5 unspecified atom stereocenters. The number of fused-ring (bicyclic) bond motifs is 5. The van der Waals surface area contributed by atoms with E-state index in [1.807, 2.05) is 0 Å². The molecule has 46 heavy (non-hydrogen) atoms. The third-order valence-electron chi connectivity index (χ3n) is 16.3. The third kappa shape index (κ3) is 5.81. The molecule has 6 fully saturated rings. The standard InChI is InChI=1S/C40H76O3Si3/c1-30(41-45(36(2,3)4)25-13-14-26-45)40(43-44(10,11)12)24-21-35-33-18-17-31-29-32(42-46(37(5,6)7)27-15-16-28-46)19-22-38(31,8)34(33)20-23-39(35,40)9/h30-35H,13-29H2,1-12H3/t30-,31+,32+,33?,34?,35?,38?,39?,40-/m0/s1. The first-order chi connectivity index (χ1) is 21.2. The zero-order chi connectivity index (χ0) is 33.6. The molecule has 0 radical (unpaired) electrons. The van der Waals surface area contributed by atoms with E-state index in [9.17, 15) is 0 Å². The molecule has 9 atom stereocenters. The van der Waals surface area contributed by atoms with Crippen molar-refractivity contribution in [2.45, 2.75) is 217 Å². The summed E-state index contributed by atoms with van der Waals surface area (Å²) in [6, 6.07) is 5.50. The van der Waals surface area contributed by atoms with Gasteiger partial charge in [-0.1, -0.05) is 81.1 Å². The Morgan fingerprint density at radius 1 is 0.696 bits per heavy atom. The van der Waals surface area contributed by atoms with Crippen LogP contribution in [0.2, 0.25) is 53.9 Å². The predicted molar refractivity (Wildman–Crippen MR) is 203 cm³/mol. The molecule has 4 aliphatic carbocycles. The van der Waals surface area contributed by atoms with Crippen LogP contribution in [-0.2, 0) is 13.3 Å². The molecule has 6 heteroatoms. The summed E-state index contributed by atoms with van der Waals surface area (Å²) in [5.41, 5.74) is 0.588. The summed E-state index contributed by atoms with van der Waals surface area (Å²) in [5, 5.41) is 0.660. The maximum Gasteiger partial charge on any atom is 0.198 e. The van der Waals surface area contributed by atoms with Crippen molar-refractivity contribution >= 4 is 25.0 Å².